The molecule has 0 aromatic heterocycles. The Kier molecular flexibility index (Phi) is 18.0. The molecule has 0 amide bonds. The van der Waals surface area contributed by atoms with E-state index in [1.807, 2.05) is 182 Å². The van der Waals surface area contributed by atoms with E-state index in [-0.39, 0.29) is 46.2 Å². The zero-order valence-electron chi connectivity index (χ0n) is 37.3. The van der Waals surface area contributed by atoms with Crippen LogP contribution in [0.2, 0.25) is 0 Å². The molecule has 10 atom stereocenters. The number of aliphatic hydroxyl groups is 1. The van der Waals surface area contributed by atoms with E-state index < -0.39 is 61.4 Å². The van der Waals surface area contributed by atoms with Crippen molar-refractivity contribution in [3.05, 3.63) is 215 Å². The predicted molar refractivity (Wildman–Crippen MR) is 247 cm³/mol. The quantitative estimate of drug-likeness (QED) is 0.0668. The second kappa shape index (κ2) is 25.1. The molecular formula is C55H60O11. The van der Waals surface area contributed by atoms with Crippen molar-refractivity contribution >= 4 is 0 Å². The molecule has 2 aliphatic heterocycles. The van der Waals surface area contributed by atoms with Crippen LogP contribution in [0.15, 0.2) is 182 Å². The molecule has 0 saturated carbocycles. The van der Waals surface area contributed by atoms with E-state index in [1.165, 1.54) is 0 Å². The van der Waals surface area contributed by atoms with Gasteiger partial charge in [0.25, 0.3) is 0 Å². The number of hydrogen-bond donors (Lipinski definition) is 1. The van der Waals surface area contributed by atoms with Gasteiger partial charge in [0.15, 0.2) is 12.6 Å². The van der Waals surface area contributed by atoms with Crippen LogP contribution in [0, 0.1) is 0 Å². The summed E-state index contributed by atoms with van der Waals surface area (Å²) in [4.78, 5) is 0. The summed E-state index contributed by atoms with van der Waals surface area (Å²) in [6.45, 7) is 1.30. The topological polar surface area (TPSA) is 113 Å². The molecule has 0 aliphatic carbocycles. The maximum atomic E-state index is 10.9. The Hall–Kier alpha value is -5.12. The molecule has 0 spiro atoms. The van der Waals surface area contributed by atoms with Gasteiger partial charge in [-0.15, -0.1) is 0 Å². The van der Waals surface area contributed by atoms with Gasteiger partial charge in [0.05, 0.1) is 52.9 Å². The van der Waals surface area contributed by atoms with Crippen molar-refractivity contribution in [1.29, 1.82) is 0 Å². The highest BCUT2D eigenvalue weighted by Gasteiger charge is 2.54. The fraction of sp³-hybridized carbons (Fsp3) is 0.345. The van der Waals surface area contributed by atoms with Crippen molar-refractivity contribution < 1.29 is 52.5 Å². The molecule has 66 heavy (non-hydrogen) atoms. The highest BCUT2D eigenvalue weighted by Crippen LogP contribution is 2.37. The summed E-state index contributed by atoms with van der Waals surface area (Å²) in [5, 5.41) is 10.9. The van der Waals surface area contributed by atoms with E-state index in [2.05, 4.69) is 0 Å². The Morgan fingerprint density at radius 3 is 1.06 bits per heavy atom. The van der Waals surface area contributed by atoms with Crippen LogP contribution in [0.1, 0.15) is 33.4 Å². The molecule has 6 aromatic rings. The van der Waals surface area contributed by atoms with Crippen LogP contribution in [0.25, 0.3) is 0 Å². The lowest BCUT2D eigenvalue weighted by molar-refractivity contribution is -0.376. The van der Waals surface area contributed by atoms with Crippen LogP contribution < -0.4 is 0 Å². The third-order valence-electron chi connectivity index (χ3n) is 11.7. The second-order valence-corrected chi connectivity index (χ2v) is 16.4. The van der Waals surface area contributed by atoms with Gasteiger partial charge < -0.3 is 52.5 Å². The average molecular weight is 897 g/mol. The average Bonchev–Trinajstić information content (AvgIpc) is 3.38. The summed E-state index contributed by atoms with van der Waals surface area (Å²) in [6, 6.07) is 59.7. The molecule has 2 aliphatic rings. The highest BCUT2D eigenvalue weighted by atomic mass is 16.8. The smallest absolute Gasteiger partial charge is 0.187 e. The zero-order valence-corrected chi connectivity index (χ0v) is 37.3. The summed E-state index contributed by atoms with van der Waals surface area (Å²) in [5.41, 5.74) is 5.81. The Morgan fingerprint density at radius 1 is 0.364 bits per heavy atom. The molecule has 0 radical (unpaired) electrons. The number of methoxy groups -OCH3 is 1. The van der Waals surface area contributed by atoms with Crippen LogP contribution in [0.5, 0.6) is 0 Å². The van der Waals surface area contributed by atoms with E-state index in [9.17, 15) is 5.11 Å². The first kappa shape index (κ1) is 47.4. The van der Waals surface area contributed by atoms with Gasteiger partial charge in [0.2, 0.25) is 0 Å². The largest absolute Gasteiger partial charge is 0.394 e. The molecule has 11 heteroatoms. The van der Waals surface area contributed by atoms with Crippen molar-refractivity contribution in [3.8, 4) is 0 Å². The normalized spacial score (nSPS) is 25.4. The summed E-state index contributed by atoms with van der Waals surface area (Å²) < 4.78 is 67.7. The number of benzene rings is 6. The van der Waals surface area contributed by atoms with Crippen molar-refractivity contribution in [1.82, 2.24) is 0 Å². The predicted octanol–water partition coefficient (Wildman–Crippen LogP) is 8.60. The molecule has 2 fully saturated rings. The summed E-state index contributed by atoms with van der Waals surface area (Å²) in [5.74, 6) is 0. The van der Waals surface area contributed by atoms with Gasteiger partial charge in [0.1, 0.15) is 48.8 Å². The van der Waals surface area contributed by atoms with Crippen molar-refractivity contribution in [2.24, 2.45) is 0 Å². The third kappa shape index (κ3) is 13.3. The summed E-state index contributed by atoms with van der Waals surface area (Å²) in [7, 11) is 1.55. The molecule has 6 aromatic carbocycles. The van der Waals surface area contributed by atoms with Crippen LogP contribution in [0.4, 0.5) is 0 Å². The van der Waals surface area contributed by atoms with Gasteiger partial charge >= 0.3 is 0 Å². The van der Waals surface area contributed by atoms with Gasteiger partial charge in [-0.1, -0.05) is 182 Å². The zero-order chi connectivity index (χ0) is 45.2. The number of aliphatic hydroxyl groups excluding tert-OH is 1. The lowest BCUT2D eigenvalue weighted by Gasteiger charge is -2.50. The monoisotopic (exact) mass is 896 g/mol. The molecule has 1 unspecified atom stereocenters. The molecule has 11 nitrogen and oxygen atoms in total. The Bertz CT molecular complexity index is 2170. The number of ether oxygens (including phenoxy) is 10. The molecule has 1 N–H and O–H groups in total. The Morgan fingerprint density at radius 2 is 0.682 bits per heavy atom. The maximum Gasteiger partial charge on any atom is 0.187 e. The van der Waals surface area contributed by atoms with Gasteiger partial charge in [-0.05, 0) is 33.4 Å². The van der Waals surface area contributed by atoms with Crippen LogP contribution in [0.3, 0.4) is 0 Å². The van der Waals surface area contributed by atoms with Gasteiger partial charge in [-0.2, -0.15) is 0 Å². The number of rotatable bonds is 23. The highest BCUT2D eigenvalue weighted by molar-refractivity contribution is 5.18. The lowest BCUT2D eigenvalue weighted by Crippen LogP contribution is -2.66. The van der Waals surface area contributed by atoms with Crippen molar-refractivity contribution in [2.75, 3.05) is 20.3 Å². The van der Waals surface area contributed by atoms with E-state index in [0.717, 1.165) is 33.4 Å². The standard InChI is InChI=1S/C55H60O11/c1-57-54-53(63-38-45-30-18-7-19-31-45)51(48(46(32-56)64-54)59-34-41-22-10-3-11-23-41)66-55-52(62-37-44-28-16-6-17-29-44)50(61-36-43-26-14-5-15-27-43)49(60-35-42-24-12-4-13-25-42)47(65-55)39-58-33-40-20-8-2-9-21-40/h2-31,46-56H,32-39H2,1H3/t46-,47-,48+,49+,50+,51+,52-,53-,54-,55?/m1/s1. The van der Waals surface area contributed by atoms with E-state index in [0.29, 0.717) is 6.61 Å². The first-order chi connectivity index (χ1) is 32.6. The van der Waals surface area contributed by atoms with Gasteiger partial charge in [-0.3, -0.25) is 0 Å². The molecule has 2 heterocycles. The Labute approximate surface area is 388 Å². The van der Waals surface area contributed by atoms with Crippen LogP contribution in [-0.4, -0.2) is 86.8 Å². The fourth-order valence-electron chi connectivity index (χ4n) is 8.29. The SMILES string of the molecule is CO[C@@H]1O[C@H](CO)[C@H](OCc2ccccc2)[C@H](OC2O[C@H](COCc3ccccc3)[C@H](OCc3ccccc3)[C@H](OCc3ccccc3)[C@H]2OCc2ccccc2)[C@H]1OCc1ccccc1. The van der Waals surface area contributed by atoms with Crippen LogP contribution >= 0.6 is 0 Å². The van der Waals surface area contributed by atoms with Gasteiger partial charge in [-0.25, -0.2) is 0 Å². The fourth-order valence-corrected chi connectivity index (χ4v) is 8.29. The van der Waals surface area contributed by atoms with Gasteiger partial charge in [0, 0.05) is 7.11 Å². The van der Waals surface area contributed by atoms with Crippen molar-refractivity contribution in [2.45, 2.75) is 101 Å². The molecule has 346 valence electrons. The number of hydrogen-bond acceptors (Lipinski definition) is 11. The molecule has 8 rings (SSSR count). The Balaban J connectivity index is 1.18. The molecular weight excluding hydrogens is 837 g/mol. The van der Waals surface area contributed by atoms with Crippen molar-refractivity contribution in [3.63, 3.8) is 0 Å². The lowest BCUT2D eigenvalue weighted by atomic mass is 9.95. The first-order valence-electron chi connectivity index (χ1n) is 22.6. The summed E-state index contributed by atoms with van der Waals surface area (Å²) >= 11 is 0. The van der Waals surface area contributed by atoms with E-state index in [1.54, 1.807) is 7.11 Å². The van der Waals surface area contributed by atoms with E-state index in [4.69, 9.17) is 47.4 Å². The third-order valence-corrected chi connectivity index (χ3v) is 11.7. The molecule has 0 bridgehead atoms. The minimum atomic E-state index is -1.11. The maximum absolute atomic E-state index is 10.9. The minimum absolute atomic E-state index is 0.139. The molecule has 2 saturated heterocycles. The van der Waals surface area contributed by atoms with E-state index >= 15 is 0 Å². The summed E-state index contributed by atoms with van der Waals surface area (Å²) in [6.07, 6.45) is -8.58. The first-order valence-corrected chi connectivity index (χ1v) is 22.6. The van der Waals surface area contributed by atoms with Crippen LogP contribution in [-0.2, 0) is 87.0 Å². The minimum Gasteiger partial charge on any atom is -0.394 e. The second-order valence-electron chi connectivity index (χ2n) is 16.4.